The van der Waals surface area contributed by atoms with Gasteiger partial charge in [-0.1, -0.05) is 17.7 Å². The molecule has 2 heterocycles. The zero-order valence-electron chi connectivity index (χ0n) is 13.8. The van der Waals surface area contributed by atoms with Crippen molar-refractivity contribution >= 4 is 17.5 Å². The van der Waals surface area contributed by atoms with E-state index in [2.05, 4.69) is 4.98 Å². The first-order chi connectivity index (χ1) is 12.6. The number of nitrogens with zero attached hydrogens (tertiary/aromatic N) is 2. The number of benzene rings is 1. The van der Waals surface area contributed by atoms with E-state index >= 15 is 0 Å². The Morgan fingerprint density at radius 3 is 2.81 bits per heavy atom. The molecule has 5 nitrogen and oxygen atoms in total. The summed E-state index contributed by atoms with van der Waals surface area (Å²) in [6.07, 6.45) is 4.92. The van der Waals surface area contributed by atoms with Gasteiger partial charge in [0.1, 0.15) is 17.3 Å². The molecular weight excluding hydrogens is 359 g/mol. The zero-order chi connectivity index (χ0) is 18.4. The van der Waals surface area contributed by atoms with Crippen LogP contribution < -0.4 is 4.74 Å². The third-order valence-corrected chi connectivity index (χ3v) is 3.92. The van der Waals surface area contributed by atoms with Crippen LogP contribution in [0.5, 0.6) is 5.75 Å². The molecule has 2 aromatic heterocycles. The number of halogens is 2. The summed E-state index contributed by atoms with van der Waals surface area (Å²) in [5, 5.41) is -0.0576. The van der Waals surface area contributed by atoms with E-state index in [1.54, 1.807) is 35.7 Å². The highest BCUT2D eigenvalue weighted by Crippen LogP contribution is 2.21. The fourth-order valence-electron chi connectivity index (χ4n) is 2.34. The Morgan fingerprint density at radius 2 is 2.12 bits per heavy atom. The summed E-state index contributed by atoms with van der Waals surface area (Å²) in [4.78, 5) is 18.3. The second kappa shape index (κ2) is 8.49. The van der Waals surface area contributed by atoms with Crippen molar-refractivity contribution in [3.63, 3.8) is 0 Å². The van der Waals surface area contributed by atoms with Gasteiger partial charge in [0, 0.05) is 25.0 Å². The summed E-state index contributed by atoms with van der Waals surface area (Å²) in [5.41, 5.74) is 0.886. The van der Waals surface area contributed by atoms with Crippen LogP contribution in [0.15, 0.2) is 65.5 Å². The van der Waals surface area contributed by atoms with Crippen LogP contribution in [0.2, 0.25) is 5.02 Å². The van der Waals surface area contributed by atoms with Gasteiger partial charge in [-0.15, -0.1) is 0 Å². The smallest absolute Gasteiger partial charge is 0.261 e. The van der Waals surface area contributed by atoms with E-state index in [0.717, 1.165) is 5.56 Å². The van der Waals surface area contributed by atoms with Crippen molar-refractivity contribution in [2.45, 2.75) is 13.1 Å². The number of furan rings is 1. The van der Waals surface area contributed by atoms with Crippen LogP contribution in [0.25, 0.3) is 0 Å². The lowest BCUT2D eigenvalue weighted by atomic mass is 10.2. The molecule has 0 saturated heterocycles. The number of carbonyl (C=O) groups is 1. The molecule has 3 aromatic rings. The molecule has 0 fully saturated rings. The van der Waals surface area contributed by atoms with E-state index in [-0.39, 0.29) is 17.5 Å². The first-order valence-electron chi connectivity index (χ1n) is 7.89. The van der Waals surface area contributed by atoms with E-state index in [9.17, 15) is 9.18 Å². The van der Waals surface area contributed by atoms with E-state index in [0.29, 0.717) is 24.6 Å². The highest BCUT2D eigenvalue weighted by atomic mass is 35.5. The molecule has 26 heavy (non-hydrogen) atoms. The van der Waals surface area contributed by atoms with Crippen LogP contribution in [0.1, 0.15) is 11.3 Å². The maximum absolute atomic E-state index is 13.2. The molecule has 3 rings (SSSR count). The Balaban J connectivity index is 1.68. The average Bonchev–Trinajstić information content (AvgIpc) is 3.16. The number of hydrogen-bond acceptors (Lipinski definition) is 4. The topological polar surface area (TPSA) is 55.6 Å². The third-order valence-electron chi connectivity index (χ3n) is 3.63. The van der Waals surface area contributed by atoms with E-state index in [1.807, 2.05) is 12.1 Å². The van der Waals surface area contributed by atoms with E-state index in [4.69, 9.17) is 20.8 Å². The number of pyridine rings is 1. The minimum Gasteiger partial charge on any atom is -0.484 e. The molecule has 7 heteroatoms. The van der Waals surface area contributed by atoms with Gasteiger partial charge in [0.25, 0.3) is 5.91 Å². The van der Waals surface area contributed by atoms with Gasteiger partial charge in [-0.2, -0.15) is 0 Å². The first kappa shape index (κ1) is 17.9. The molecule has 0 atom stereocenters. The SMILES string of the molecule is O=C(COc1ccc(F)c(Cl)c1)N(Cc1cccnc1)Cc1ccco1. The third kappa shape index (κ3) is 4.83. The van der Waals surface area contributed by atoms with Gasteiger partial charge in [-0.25, -0.2) is 4.39 Å². The van der Waals surface area contributed by atoms with Gasteiger partial charge >= 0.3 is 0 Å². The molecule has 0 aliphatic rings. The largest absolute Gasteiger partial charge is 0.484 e. The first-order valence-corrected chi connectivity index (χ1v) is 8.26. The van der Waals surface area contributed by atoms with E-state index < -0.39 is 5.82 Å². The molecule has 0 aliphatic heterocycles. The fraction of sp³-hybridized carbons (Fsp3) is 0.158. The van der Waals surface area contributed by atoms with Gasteiger partial charge in [-0.3, -0.25) is 9.78 Å². The van der Waals surface area contributed by atoms with Gasteiger partial charge in [0.05, 0.1) is 17.8 Å². The molecule has 0 spiro atoms. The number of rotatable bonds is 7. The van der Waals surface area contributed by atoms with Gasteiger partial charge in [0.2, 0.25) is 0 Å². The van der Waals surface area contributed by atoms with Crippen molar-refractivity contribution in [2.75, 3.05) is 6.61 Å². The van der Waals surface area contributed by atoms with Crippen LogP contribution in [0, 0.1) is 5.82 Å². The molecular formula is C19H16ClFN2O3. The van der Waals surface area contributed by atoms with Crippen molar-refractivity contribution in [2.24, 2.45) is 0 Å². The van der Waals surface area contributed by atoms with E-state index in [1.165, 1.54) is 18.2 Å². The number of ether oxygens (including phenoxy) is 1. The van der Waals surface area contributed by atoms with Crippen molar-refractivity contribution in [1.82, 2.24) is 9.88 Å². The normalized spacial score (nSPS) is 10.5. The summed E-state index contributed by atoms with van der Waals surface area (Å²) in [7, 11) is 0. The molecule has 0 unspecified atom stereocenters. The quantitative estimate of drug-likeness (QED) is 0.625. The highest BCUT2D eigenvalue weighted by molar-refractivity contribution is 6.30. The average molecular weight is 375 g/mol. The molecule has 0 N–H and O–H groups in total. The van der Waals surface area contributed by atoms with Crippen LogP contribution >= 0.6 is 11.6 Å². The number of hydrogen-bond donors (Lipinski definition) is 0. The minimum atomic E-state index is -0.540. The summed E-state index contributed by atoms with van der Waals surface area (Å²) in [5.74, 6) is 0.197. The minimum absolute atomic E-state index is 0.0576. The second-order valence-corrected chi connectivity index (χ2v) is 5.96. The number of carbonyl (C=O) groups excluding carboxylic acids is 1. The lowest BCUT2D eigenvalue weighted by Gasteiger charge is -2.22. The van der Waals surface area contributed by atoms with Gasteiger partial charge in [-0.05, 0) is 35.9 Å². The Hall–Kier alpha value is -2.86. The Labute approximate surface area is 155 Å². The molecule has 0 aliphatic carbocycles. The van der Waals surface area contributed by atoms with Gasteiger partial charge in [0.15, 0.2) is 6.61 Å². The predicted octanol–water partition coefficient (Wildman–Crippen LogP) is 4.07. The Kier molecular flexibility index (Phi) is 5.86. The fourth-order valence-corrected chi connectivity index (χ4v) is 2.51. The Morgan fingerprint density at radius 1 is 1.23 bits per heavy atom. The Bertz CT molecular complexity index is 856. The van der Waals surface area contributed by atoms with Crippen molar-refractivity contribution < 1.29 is 18.3 Å². The maximum Gasteiger partial charge on any atom is 0.261 e. The molecule has 0 bridgehead atoms. The van der Waals surface area contributed by atoms with Crippen molar-refractivity contribution in [3.8, 4) is 5.75 Å². The number of aromatic nitrogens is 1. The summed E-state index contributed by atoms with van der Waals surface area (Å²) in [6.45, 7) is 0.456. The maximum atomic E-state index is 13.2. The standard InChI is InChI=1S/C19H16ClFN2O3/c20-17-9-15(5-6-18(17)21)26-13-19(24)23(12-16-4-2-8-25-16)11-14-3-1-7-22-10-14/h1-10H,11-13H2. The van der Waals surface area contributed by atoms with Crippen LogP contribution in [0.4, 0.5) is 4.39 Å². The molecule has 0 radical (unpaired) electrons. The zero-order valence-corrected chi connectivity index (χ0v) is 14.5. The van der Waals surface area contributed by atoms with Gasteiger partial charge < -0.3 is 14.1 Å². The van der Waals surface area contributed by atoms with Crippen LogP contribution in [-0.2, 0) is 17.9 Å². The molecule has 0 saturated carbocycles. The van der Waals surface area contributed by atoms with Crippen LogP contribution in [0.3, 0.4) is 0 Å². The molecule has 1 amide bonds. The number of amides is 1. The van der Waals surface area contributed by atoms with Crippen molar-refractivity contribution in [1.29, 1.82) is 0 Å². The monoisotopic (exact) mass is 374 g/mol. The van der Waals surface area contributed by atoms with Crippen LogP contribution in [-0.4, -0.2) is 22.4 Å². The molecule has 1 aromatic carbocycles. The summed E-state index contributed by atoms with van der Waals surface area (Å²) < 4.78 is 24.0. The van der Waals surface area contributed by atoms with Crippen molar-refractivity contribution in [3.05, 3.63) is 83.3 Å². The lowest BCUT2D eigenvalue weighted by molar-refractivity contribution is -0.134. The highest BCUT2D eigenvalue weighted by Gasteiger charge is 2.17. The molecule has 134 valence electrons. The summed E-state index contributed by atoms with van der Waals surface area (Å²) in [6, 6.07) is 11.2. The summed E-state index contributed by atoms with van der Waals surface area (Å²) >= 11 is 5.72. The lowest BCUT2D eigenvalue weighted by Crippen LogP contribution is -2.34. The second-order valence-electron chi connectivity index (χ2n) is 5.56. The predicted molar refractivity (Wildman–Crippen MR) is 94.1 cm³/mol.